The van der Waals surface area contributed by atoms with Gasteiger partial charge in [-0.2, -0.15) is 0 Å². The molecule has 8 atom stereocenters. The molecular formula is C49H73N7O16S. The zero-order valence-electron chi connectivity index (χ0n) is 44.0. The third kappa shape index (κ3) is 18.2. The second kappa shape index (κ2) is 27.1. The van der Waals surface area contributed by atoms with Gasteiger partial charge < -0.3 is 44.1 Å². The predicted molar refractivity (Wildman–Crippen MR) is 267 cm³/mol. The lowest BCUT2D eigenvalue weighted by Crippen LogP contribution is -2.56. The van der Waals surface area contributed by atoms with E-state index >= 15 is 0 Å². The highest BCUT2D eigenvalue weighted by atomic mass is 32.2. The maximum absolute atomic E-state index is 14.3. The number of carbonyl (C=O) groups is 7. The van der Waals surface area contributed by atoms with E-state index in [1.54, 1.807) is 53.5 Å². The maximum Gasteiger partial charge on any atom is 0.519 e. The zero-order valence-corrected chi connectivity index (χ0v) is 44.8. The summed E-state index contributed by atoms with van der Waals surface area (Å²) in [5.41, 5.74) is -0.567. The first-order valence-electron chi connectivity index (χ1n) is 23.9. The number of hydrogen-bond acceptors (Lipinski definition) is 16. The molecule has 0 aromatic heterocycles. The number of nitro benzene ring substituents is 1. The number of hydrogen-bond donors (Lipinski definition) is 3. The van der Waals surface area contributed by atoms with Gasteiger partial charge in [0.25, 0.3) is 11.6 Å². The van der Waals surface area contributed by atoms with Crippen molar-refractivity contribution in [2.24, 2.45) is 17.8 Å². The summed E-state index contributed by atoms with van der Waals surface area (Å²) in [6.07, 6.45) is -1.46. The monoisotopic (exact) mass is 1050 g/mol. The third-order valence-corrected chi connectivity index (χ3v) is 13.0. The molecule has 73 heavy (non-hydrogen) atoms. The molecule has 8 unspecified atom stereocenters. The van der Waals surface area contributed by atoms with Gasteiger partial charge in [-0.05, 0) is 75.3 Å². The van der Waals surface area contributed by atoms with Crippen molar-refractivity contribution in [2.45, 2.75) is 129 Å². The fourth-order valence-corrected chi connectivity index (χ4v) is 9.14. The van der Waals surface area contributed by atoms with Crippen LogP contribution in [0, 0.1) is 27.9 Å². The highest BCUT2D eigenvalue weighted by Gasteiger charge is 2.43. The molecule has 0 spiro atoms. The largest absolute Gasteiger partial charge is 0.519 e. The van der Waals surface area contributed by atoms with Crippen LogP contribution in [0.1, 0.15) is 86.6 Å². The SMILES string of the molecule is CCC(C)C(C(CC(=O)N1CCCC1C(OC)C(C)C(=O)NC(Cc1ccc(OC(=O)Oc2ccc([N+](=O)[O-])cc2)cc1)C(=O)NS(C)(=O)=O)OC)N(C)C(=O)CNC(=O)C(C(C)C)N(C)C(=O)OC(C)(C)C. The number of ether oxygens (including phenoxy) is 5. The van der Waals surface area contributed by atoms with E-state index in [1.165, 1.54) is 67.5 Å². The van der Waals surface area contributed by atoms with Crippen molar-refractivity contribution in [1.29, 1.82) is 0 Å². The van der Waals surface area contributed by atoms with Crippen molar-refractivity contribution in [3.63, 3.8) is 0 Å². The number of nitrogens with one attached hydrogen (secondary N) is 3. The van der Waals surface area contributed by atoms with E-state index in [0.29, 0.717) is 31.4 Å². The van der Waals surface area contributed by atoms with Crippen molar-refractivity contribution < 1.29 is 70.6 Å². The molecular weight excluding hydrogens is 975 g/mol. The molecule has 2 aromatic carbocycles. The molecule has 0 bridgehead atoms. The van der Waals surface area contributed by atoms with Crippen molar-refractivity contribution in [3.05, 3.63) is 64.2 Å². The van der Waals surface area contributed by atoms with E-state index in [2.05, 4.69) is 10.6 Å². The van der Waals surface area contributed by atoms with Gasteiger partial charge in [-0.1, -0.05) is 53.2 Å². The van der Waals surface area contributed by atoms with Crippen molar-refractivity contribution in [1.82, 2.24) is 30.1 Å². The summed E-state index contributed by atoms with van der Waals surface area (Å²) < 4.78 is 53.8. The Bertz CT molecular complexity index is 2360. The number of amides is 6. The molecule has 1 aliphatic rings. The summed E-state index contributed by atoms with van der Waals surface area (Å²) in [5.74, 6) is -4.49. The fourth-order valence-electron chi connectivity index (χ4n) is 8.64. The normalized spacial score (nSPS) is 16.6. The molecule has 0 saturated carbocycles. The first kappa shape index (κ1) is 60.9. The molecule has 406 valence electrons. The number of rotatable bonds is 24. The van der Waals surface area contributed by atoms with Crippen molar-refractivity contribution in [2.75, 3.05) is 47.7 Å². The highest BCUT2D eigenvalue weighted by Crippen LogP contribution is 2.30. The Morgan fingerprint density at radius 3 is 1.93 bits per heavy atom. The molecule has 3 rings (SSSR count). The van der Waals surface area contributed by atoms with Crippen LogP contribution in [-0.2, 0) is 54.6 Å². The Labute approximate surface area is 427 Å². The number of non-ortho nitro benzene ring substituents is 1. The van der Waals surface area contributed by atoms with Crippen LogP contribution in [-0.4, -0.2) is 159 Å². The average molecular weight is 1050 g/mol. The molecule has 1 fully saturated rings. The van der Waals surface area contributed by atoms with Gasteiger partial charge in [-0.15, -0.1) is 0 Å². The molecule has 24 heteroatoms. The van der Waals surface area contributed by atoms with Gasteiger partial charge in [0.1, 0.15) is 29.2 Å². The lowest BCUT2D eigenvalue weighted by Gasteiger charge is -2.39. The molecule has 23 nitrogen and oxygen atoms in total. The molecule has 0 aliphatic carbocycles. The van der Waals surface area contributed by atoms with E-state index in [1.807, 2.05) is 18.6 Å². The minimum atomic E-state index is -4.07. The Morgan fingerprint density at radius 1 is 0.863 bits per heavy atom. The van der Waals surface area contributed by atoms with E-state index in [4.69, 9.17) is 23.7 Å². The standard InChI is InChI=1S/C49H73N7O16S/c1-14-30(4)42(53(9)40(58)28-50-46(61)41(29(2)3)54(10)47(62)72-49(6,7)8)38(68-11)27-39(57)55-25-15-16-37(55)43(69-12)31(5)44(59)51-36(45(60)52-73(13,66)67)26-32-17-21-34(22-18-32)70-48(63)71-35-23-19-33(20-24-35)56(64)65/h17-24,29-31,36-38,41-43H,14-16,25-28H2,1-13H3,(H,50,61)(H,51,59)(H,52,60). The first-order chi connectivity index (χ1) is 34.0. The smallest absolute Gasteiger partial charge is 0.444 e. The third-order valence-electron chi connectivity index (χ3n) is 12.4. The fraction of sp³-hybridized carbons (Fsp3) is 0.612. The topological polar surface area (TPSA) is 289 Å². The van der Waals surface area contributed by atoms with Gasteiger partial charge in [0, 0.05) is 53.4 Å². The number of benzene rings is 2. The number of carbonyl (C=O) groups excluding carboxylic acids is 7. The van der Waals surface area contributed by atoms with Gasteiger partial charge in [-0.3, -0.25) is 43.7 Å². The van der Waals surface area contributed by atoms with Crippen LogP contribution in [0.4, 0.5) is 15.3 Å². The number of likely N-dealkylation sites (tertiary alicyclic amines) is 1. The van der Waals surface area contributed by atoms with E-state index in [0.717, 1.165) is 18.4 Å². The average Bonchev–Trinajstić information content (AvgIpc) is 3.79. The van der Waals surface area contributed by atoms with Crippen LogP contribution < -0.4 is 24.8 Å². The number of methoxy groups -OCH3 is 2. The molecule has 1 saturated heterocycles. The quantitative estimate of drug-likeness (QED) is 0.0575. The second-order valence-electron chi connectivity index (χ2n) is 19.5. The van der Waals surface area contributed by atoms with Gasteiger partial charge in [0.15, 0.2) is 0 Å². The number of likely N-dealkylation sites (N-methyl/N-ethyl adjacent to an activating group) is 2. The number of nitro groups is 1. The Hall–Kier alpha value is -6.40. The summed E-state index contributed by atoms with van der Waals surface area (Å²) >= 11 is 0. The van der Waals surface area contributed by atoms with Crippen LogP contribution in [0.5, 0.6) is 11.5 Å². The van der Waals surface area contributed by atoms with Gasteiger partial charge in [0.2, 0.25) is 33.7 Å². The van der Waals surface area contributed by atoms with Crippen LogP contribution in [0.15, 0.2) is 48.5 Å². The molecule has 3 N–H and O–H groups in total. The number of sulfonamides is 1. The minimum Gasteiger partial charge on any atom is -0.444 e. The minimum absolute atomic E-state index is 0.00531. The molecule has 6 amide bonds. The van der Waals surface area contributed by atoms with Crippen molar-refractivity contribution >= 4 is 57.5 Å². The first-order valence-corrected chi connectivity index (χ1v) is 25.8. The molecule has 0 radical (unpaired) electrons. The molecule has 1 heterocycles. The van der Waals surface area contributed by atoms with Gasteiger partial charge in [-0.25, -0.2) is 18.0 Å². The van der Waals surface area contributed by atoms with E-state index in [-0.39, 0.29) is 47.8 Å². The van der Waals surface area contributed by atoms with E-state index < -0.39 is 105 Å². The summed E-state index contributed by atoms with van der Waals surface area (Å²) in [6.45, 7) is 14.0. The van der Waals surface area contributed by atoms with Crippen molar-refractivity contribution in [3.8, 4) is 11.5 Å². The Morgan fingerprint density at radius 2 is 1.44 bits per heavy atom. The zero-order chi connectivity index (χ0) is 55.1. The lowest BCUT2D eigenvalue weighted by atomic mass is 9.90. The van der Waals surface area contributed by atoms with E-state index in [9.17, 15) is 52.1 Å². The highest BCUT2D eigenvalue weighted by molar-refractivity contribution is 7.89. The second-order valence-corrected chi connectivity index (χ2v) is 21.2. The summed E-state index contributed by atoms with van der Waals surface area (Å²) in [4.78, 5) is 109. The predicted octanol–water partition coefficient (Wildman–Crippen LogP) is 4.20. The summed E-state index contributed by atoms with van der Waals surface area (Å²) in [7, 11) is 1.81. The van der Waals surface area contributed by atoms with Crippen LogP contribution in [0.3, 0.4) is 0 Å². The molecule has 1 aliphatic heterocycles. The van der Waals surface area contributed by atoms with Crippen LogP contribution >= 0.6 is 0 Å². The Balaban J connectivity index is 1.74. The summed E-state index contributed by atoms with van der Waals surface area (Å²) in [5, 5.41) is 16.2. The van der Waals surface area contributed by atoms with Gasteiger partial charge >= 0.3 is 12.2 Å². The Kier molecular flexibility index (Phi) is 22.6. The lowest BCUT2D eigenvalue weighted by molar-refractivity contribution is -0.384. The van der Waals surface area contributed by atoms with Gasteiger partial charge in [0.05, 0.1) is 54.4 Å². The number of nitrogens with zero attached hydrogens (tertiary/aromatic N) is 4. The summed E-state index contributed by atoms with van der Waals surface area (Å²) in [6, 6.07) is 6.87. The van der Waals surface area contributed by atoms with Crippen LogP contribution in [0.25, 0.3) is 0 Å². The van der Waals surface area contributed by atoms with Crippen LogP contribution in [0.2, 0.25) is 0 Å². The molecule has 2 aromatic rings. The maximum atomic E-state index is 14.3.